The maximum atomic E-state index is 13.9. The van der Waals surface area contributed by atoms with Gasteiger partial charge in [-0.15, -0.1) is 0 Å². The molecule has 2 heterocycles. The number of benzene rings is 2. The minimum Gasteiger partial charge on any atom is -0.352 e. The third kappa shape index (κ3) is 6.55. The Labute approximate surface area is 234 Å². The van der Waals surface area contributed by atoms with Gasteiger partial charge in [0.2, 0.25) is 5.91 Å². The lowest BCUT2D eigenvalue weighted by molar-refractivity contribution is -0.143. The summed E-state index contributed by atoms with van der Waals surface area (Å²) in [6, 6.07) is 4.59. The fourth-order valence-corrected chi connectivity index (χ4v) is 7.19. The van der Waals surface area contributed by atoms with E-state index in [2.05, 4.69) is 5.32 Å². The van der Waals surface area contributed by atoms with Crippen molar-refractivity contribution >= 4 is 15.7 Å². The van der Waals surface area contributed by atoms with E-state index in [1.807, 2.05) is 4.90 Å². The molecule has 4 rings (SSSR count). The zero-order valence-corrected chi connectivity index (χ0v) is 23.5. The second-order valence-corrected chi connectivity index (χ2v) is 13.3. The van der Waals surface area contributed by atoms with Crippen LogP contribution in [0.2, 0.25) is 0 Å². The van der Waals surface area contributed by atoms with E-state index >= 15 is 0 Å². The number of piperidine rings is 1. The first kappa shape index (κ1) is 31.3. The quantitative estimate of drug-likeness (QED) is 0.433. The van der Waals surface area contributed by atoms with Gasteiger partial charge in [0.25, 0.3) is 0 Å². The van der Waals surface area contributed by atoms with Crippen LogP contribution in [0.25, 0.3) is 0 Å². The smallest absolute Gasteiger partial charge is 0.352 e. The highest BCUT2D eigenvalue weighted by molar-refractivity contribution is 7.92. The summed E-state index contributed by atoms with van der Waals surface area (Å²) in [5.41, 5.74) is -3.84. The summed E-state index contributed by atoms with van der Waals surface area (Å²) in [5, 5.41) is 2.89. The predicted octanol–water partition coefficient (Wildman–Crippen LogP) is 5.61. The van der Waals surface area contributed by atoms with E-state index in [0.717, 1.165) is 0 Å². The highest BCUT2D eigenvalue weighted by atomic mass is 32.2. The lowest BCUT2D eigenvalue weighted by Crippen LogP contribution is -2.60. The van der Waals surface area contributed by atoms with E-state index in [4.69, 9.17) is 0 Å². The van der Waals surface area contributed by atoms with Crippen molar-refractivity contribution in [1.82, 2.24) is 10.2 Å². The van der Waals surface area contributed by atoms with Gasteiger partial charge in [0, 0.05) is 31.1 Å². The number of likely N-dealkylation sites (tertiary alicyclic amines) is 1. The number of amides is 1. The molecule has 0 aromatic heterocycles. The Balaban J connectivity index is 1.68. The molecule has 2 aromatic carbocycles. The molecule has 2 saturated heterocycles. The van der Waals surface area contributed by atoms with Crippen molar-refractivity contribution in [3.63, 3.8) is 0 Å². The average Bonchev–Trinajstić information content (AvgIpc) is 2.86. The molecular formula is C28H31F7N2O3S. The summed E-state index contributed by atoms with van der Waals surface area (Å²) in [7, 11) is -3.11. The number of carbonyl (C=O) groups excluding carboxylic acids is 1. The molecule has 2 fully saturated rings. The fourth-order valence-electron chi connectivity index (χ4n) is 5.70. The fraction of sp³-hybridized carbons (Fsp3) is 0.536. The van der Waals surface area contributed by atoms with Crippen molar-refractivity contribution in [2.75, 3.05) is 24.6 Å². The minimum absolute atomic E-state index is 0.00410. The Morgan fingerprint density at radius 1 is 0.976 bits per heavy atom. The normalized spacial score (nSPS) is 23.5. The van der Waals surface area contributed by atoms with Crippen LogP contribution in [0.5, 0.6) is 0 Å². The molecule has 0 unspecified atom stereocenters. The maximum Gasteiger partial charge on any atom is 0.416 e. The molecule has 1 amide bonds. The molecular weight excluding hydrogens is 577 g/mol. The van der Waals surface area contributed by atoms with Gasteiger partial charge >= 0.3 is 12.4 Å². The van der Waals surface area contributed by atoms with Crippen LogP contribution in [0.15, 0.2) is 36.4 Å². The van der Waals surface area contributed by atoms with Crippen molar-refractivity contribution in [3.8, 4) is 0 Å². The lowest BCUT2D eigenvalue weighted by atomic mass is 9.76. The van der Waals surface area contributed by atoms with Gasteiger partial charge < -0.3 is 5.32 Å². The summed E-state index contributed by atoms with van der Waals surface area (Å²) in [6.07, 6.45) is -9.86. The Morgan fingerprint density at radius 2 is 1.54 bits per heavy atom. The molecule has 2 aliphatic rings. The SMILES string of the molecule is CC[C@](C)(C(=O)N[C@H]1CCN(C2CS(=O)(=O)C2)C[C@@H]1c1ccc(F)cc1C)c1cc(C(F)(F)F)cc(C(F)(F)F)c1. The third-order valence-corrected chi connectivity index (χ3v) is 10.2. The number of rotatable bonds is 6. The van der Waals surface area contributed by atoms with Crippen LogP contribution in [0.3, 0.4) is 0 Å². The van der Waals surface area contributed by atoms with Gasteiger partial charge in [-0.1, -0.05) is 13.0 Å². The second-order valence-electron chi connectivity index (χ2n) is 11.2. The number of halogens is 7. The number of hydrogen-bond donors (Lipinski definition) is 1. The van der Waals surface area contributed by atoms with E-state index in [9.17, 15) is 43.9 Å². The number of sulfone groups is 1. The first-order valence-corrected chi connectivity index (χ1v) is 15.0. The van der Waals surface area contributed by atoms with E-state index in [-0.39, 0.29) is 30.0 Å². The first-order valence-electron chi connectivity index (χ1n) is 13.2. The molecule has 13 heteroatoms. The second kappa shape index (κ2) is 10.9. The predicted molar refractivity (Wildman–Crippen MR) is 139 cm³/mol. The zero-order chi connectivity index (χ0) is 30.5. The van der Waals surface area contributed by atoms with Crippen LogP contribution in [0.4, 0.5) is 30.7 Å². The molecule has 1 N–H and O–H groups in total. The summed E-state index contributed by atoms with van der Waals surface area (Å²) < 4.78 is 119. The number of aryl methyl sites for hydroxylation is 1. The molecule has 0 spiro atoms. The van der Waals surface area contributed by atoms with Crippen LogP contribution in [-0.2, 0) is 32.4 Å². The van der Waals surface area contributed by atoms with Crippen molar-refractivity contribution in [2.45, 2.75) is 69.4 Å². The molecule has 0 bridgehead atoms. The highest BCUT2D eigenvalue weighted by Crippen LogP contribution is 2.41. The van der Waals surface area contributed by atoms with Gasteiger partial charge in [-0.25, -0.2) is 12.8 Å². The zero-order valence-electron chi connectivity index (χ0n) is 22.7. The van der Waals surface area contributed by atoms with Gasteiger partial charge in [-0.2, -0.15) is 26.3 Å². The van der Waals surface area contributed by atoms with Gasteiger partial charge in [0.15, 0.2) is 9.84 Å². The summed E-state index contributed by atoms with van der Waals surface area (Å²) in [6.45, 7) is 5.27. The van der Waals surface area contributed by atoms with E-state index < -0.39 is 68.0 Å². The molecule has 0 saturated carbocycles. The standard InChI is InChI=1S/C28H31F7N2O3S/c1-4-26(3,17-10-18(27(30,31)32)12-19(11-17)28(33,34)35)25(38)36-24-7-8-37(21-14-41(39,40)15-21)13-23(24)22-6-5-20(29)9-16(22)2/h5-6,9-12,21,23-24H,4,7-8,13-15H2,1-3H3,(H,36,38)/t23-,24+,26+/m1/s1. The molecule has 2 aliphatic heterocycles. The minimum atomic E-state index is -5.06. The van der Waals surface area contributed by atoms with Gasteiger partial charge in [0.05, 0.1) is 28.0 Å². The molecule has 41 heavy (non-hydrogen) atoms. The van der Waals surface area contributed by atoms with Crippen molar-refractivity contribution in [1.29, 1.82) is 0 Å². The highest BCUT2D eigenvalue weighted by Gasteiger charge is 2.45. The first-order chi connectivity index (χ1) is 18.8. The van der Waals surface area contributed by atoms with Crippen LogP contribution < -0.4 is 5.32 Å². The topological polar surface area (TPSA) is 66.5 Å². The van der Waals surface area contributed by atoms with Crippen molar-refractivity contribution in [2.24, 2.45) is 0 Å². The van der Waals surface area contributed by atoms with Crippen molar-refractivity contribution < 1.29 is 43.9 Å². The number of nitrogens with one attached hydrogen (secondary N) is 1. The maximum absolute atomic E-state index is 13.9. The van der Waals surface area contributed by atoms with E-state index in [1.165, 1.54) is 26.0 Å². The summed E-state index contributed by atoms with van der Waals surface area (Å²) >= 11 is 0. The largest absolute Gasteiger partial charge is 0.416 e. The summed E-state index contributed by atoms with van der Waals surface area (Å²) in [5.74, 6) is -1.62. The third-order valence-electron chi connectivity index (χ3n) is 8.43. The molecule has 3 atom stereocenters. The molecule has 0 radical (unpaired) electrons. The molecule has 226 valence electrons. The van der Waals surface area contributed by atoms with Crippen LogP contribution >= 0.6 is 0 Å². The van der Waals surface area contributed by atoms with Crippen LogP contribution in [0, 0.1) is 12.7 Å². The Kier molecular flexibility index (Phi) is 8.29. The number of hydrogen-bond acceptors (Lipinski definition) is 4. The van der Waals surface area contributed by atoms with E-state index in [1.54, 1.807) is 13.0 Å². The van der Waals surface area contributed by atoms with Crippen LogP contribution in [0.1, 0.15) is 60.4 Å². The molecule has 2 aromatic rings. The average molecular weight is 609 g/mol. The lowest BCUT2D eigenvalue weighted by Gasteiger charge is -2.46. The van der Waals surface area contributed by atoms with Gasteiger partial charge in [0.1, 0.15) is 5.82 Å². The van der Waals surface area contributed by atoms with E-state index in [0.29, 0.717) is 42.8 Å². The van der Waals surface area contributed by atoms with Gasteiger partial charge in [-0.05, 0) is 73.7 Å². The summed E-state index contributed by atoms with van der Waals surface area (Å²) in [4.78, 5) is 15.7. The van der Waals surface area contributed by atoms with Crippen LogP contribution in [-0.4, -0.2) is 55.9 Å². The Bertz CT molecular complexity index is 1380. The molecule has 0 aliphatic carbocycles. The van der Waals surface area contributed by atoms with Gasteiger partial charge in [-0.3, -0.25) is 9.69 Å². The number of alkyl halides is 6. The number of nitrogens with zero attached hydrogens (tertiary/aromatic N) is 1. The Morgan fingerprint density at radius 3 is 2.02 bits per heavy atom. The number of carbonyl (C=O) groups is 1. The monoisotopic (exact) mass is 608 g/mol. The van der Waals surface area contributed by atoms with Crippen molar-refractivity contribution in [3.05, 3.63) is 70.0 Å². The Hall–Kier alpha value is -2.67. The molecule has 5 nitrogen and oxygen atoms in total.